The van der Waals surface area contributed by atoms with Gasteiger partial charge < -0.3 is 4.57 Å². The lowest BCUT2D eigenvalue weighted by molar-refractivity contribution is 0.666. The van der Waals surface area contributed by atoms with Gasteiger partial charge in [-0.3, -0.25) is 4.99 Å². The molecule has 0 bridgehead atoms. The Morgan fingerprint density at radius 2 is 1.35 bits per heavy atom. The van der Waals surface area contributed by atoms with Gasteiger partial charge >= 0.3 is 0 Å². The molecule has 1 aliphatic carbocycles. The van der Waals surface area contributed by atoms with E-state index in [1.54, 1.807) is 11.3 Å². The van der Waals surface area contributed by atoms with E-state index in [1.807, 2.05) is 36.4 Å². The fourth-order valence-corrected chi connectivity index (χ4v) is 9.72. The van der Waals surface area contributed by atoms with Gasteiger partial charge in [0.2, 0.25) is 0 Å². The van der Waals surface area contributed by atoms with Crippen LogP contribution < -0.4 is 0 Å². The molecule has 2 heterocycles. The van der Waals surface area contributed by atoms with E-state index >= 15 is 0 Å². The highest BCUT2D eigenvalue weighted by Gasteiger charge is 2.38. The van der Waals surface area contributed by atoms with Gasteiger partial charge in [-0.15, -0.1) is 11.3 Å². The van der Waals surface area contributed by atoms with E-state index in [1.165, 1.54) is 59.5 Å². The molecule has 9 aromatic rings. The van der Waals surface area contributed by atoms with Gasteiger partial charge in [-0.1, -0.05) is 141 Å². The van der Waals surface area contributed by atoms with E-state index in [2.05, 4.69) is 151 Å². The van der Waals surface area contributed by atoms with Crippen LogP contribution in [-0.4, -0.2) is 23.0 Å². The van der Waals surface area contributed by atoms with E-state index in [9.17, 15) is 0 Å². The van der Waals surface area contributed by atoms with Crippen LogP contribution in [0, 0.1) is 0 Å². The molecular formula is C49H36N4S. The molecule has 0 radical (unpaired) electrons. The average molecular weight is 713 g/mol. The Labute approximate surface area is 318 Å². The summed E-state index contributed by atoms with van der Waals surface area (Å²) in [6.45, 7) is 9.17. The van der Waals surface area contributed by atoms with Gasteiger partial charge in [0, 0.05) is 53.2 Å². The van der Waals surface area contributed by atoms with E-state index in [0.717, 1.165) is 27.1 Å². The van der Waals surface area contributed by atoms with Crippen LogP contribution in [0.2, 0.25) is 0 Å². The molecule has 258 valence electrons. The molecule has 1 aliphatic rings. The van der Waals surface area contributed by atoms with Crippen molar-refractivity contribution in [2.24, 2.45) is 15.0 Å². The zero-order valence-electron chi connectivity index (χ0n) is 30.1. The summed E-state index contributed by atoms with van der Waals surface area (Å²) in [4.78, 5) is 15.0. The lowest BCUT2D eigenvalue weighted by Gasteiger charge is -2.22. The summed E-state index contributed by atoms with van der Waals surface area (Å²) in [6, 6.07) is 56.1. The van der Waals surface area contributed by atoms with E-state index in [0.29, 0.717) is 18.2 Å². The summed E-state index contributed by atoms with van der Waals surface area (Å²) < 4.78 is 4.81. The van der Waals surface area contributed by atoms with Gasteiger partial charge in [0.15, 0.2) is 11.7 Å². The molecule has 0 saturated heterocycles. The molecular weight excluding hydrogens is 677 g/mol. The van der Waals surface area contributed by atoms with Crippen LogP contribution in [0.3, 0.4) is 0 Å². The summed E-state index contributed by atoms with van der Waals surface area (Å²) >= 11 is 1.79. The maximum atomic E-state index is 5.27. The second-order valence-corrected chi connectivity index (χ2v) is 15.5. The van der Waals surface area contributed by atoms with Crippen molar-refractivity contribution in [1.29, 1.82) is 0 Å². The van der Waals surface area contributed by atoms with Crippen LogP contribution in [0.15, 0.2) is 173 Å². The smallest absolute Gasteiger partial charge is 0.161 e. The highest BCUT2D eigenvalue weighted by Crippen LogP contribution is 2.53. The molecule has 0 fully saturated rings. The Morgan fingerprint density at radius 3 is 2.17 bits per heavy atom. The van der Waals surface area contributed by atoms with Gasteiger partial charge in [0.25, 0.3) is 0 Å². The second kappa shape index (κ2) is 12.6. The Morgan fingerprint density at radius 1 is 0.648 bits per heavy atom. The van der Waals surface area contributed by atoms with Crippen LogP contribution in [0.5, 0.6) is 0 Å². The van der Waals surface area contributed by atoms with E-state index < -0.39 is 0 Å². The average Bonchev–Trinajstić information content (AvgIpc) is 3.84. The molecule has 0 N–H and O–H groups in total. The predicted octanol–water partition coefficient (Wildman–Crippen LogP) is 12.6. The minimum Gasteiger partial charge on any atom is -0.309 e. The maximum absolute atomic E-state index is 5.27. The Balaban J connectivity index is 1.29. The summed E-state index contributed by atoms with van der Waals surface area (Å²) in [5, 5.41) is 4.95. The summed E-state index contributed by atoms with van der Waals surface area (Å²) in [5.74, 6) is 1.16. The molecule has 54 heavy (non-hydrogen) atoms. The number of hydrogen-bond acceptors (Lipinski definition) is 2. The zero-order valence-corrected chi connectivity index (χ0v) is 30.9. The SMILES string of the molecule is C=N/C(=N\C(=N/Cc1ccccc1)c1cc(-n2c3ccccc3c3c4c(ccc32)-c2ccccc2C4(C)C)cc2c1sc1ccccc12)c1ccccc1. The fourth-order valence-electron chi connectivity index (χ4n) is 8.53. The first-order valence-corrected chi connectivity index (χ1v) is 19.1. The highest BCUT2D eigenvalue weighted by atomic mass is 32.1. The number of fused-ring (bicyclic) bond motifs is 10. The molecule has 2 aromatic heterocycles. The number of benzene rings is 7. The normalized spacial score (nSPS) is 13.9. The van der Waals surface area contributed by atoms with Crippen molar-refractivity contribution >= 4 is 71.7 Å². The highest BCUT2D eigenvalue weighted by molar-refractivity contribution is 7.26. The monoisotopic (exact) mass is 712 g/mol. The second-order valence-electron chi connectivity index (χ2n) is 14.5. The first-order chi connectivity index (χ1) is 26.5. The van der Waals surface area contributed by atoms with Crippen molar-refractivity contribution < 1.29 is 0 Å². The van der Waals surface area contributed by atoms with Crippen molar-refractivity contribution in [2.75, 3.05) is 0 Å². The number of hydrogen-bond donors (Lipinski definition) is 0. The zero-order chi connectivity index (χ0) is 36.4. The number of nitrogens with zero attached hydrogens (tertiary/aromatic N) is 4. The fraction of sp³-hybridized carbons (Fsp3) is 0.0816. The predicted molar refractivity (Wildman–Crippen MR) is 230 cm³/mol. The van der Waals surface area contributed by atoms with E-state index in [4.69, 9.17) is 9.98 Å². The molecule has 10 rings (SSSR count). The van der Waals surface area contributed by atoms with Gasteiger partial charge in [0.05, 0.1) is 17.6 Å². The first-order valence-electron chi connectivity index (χ1n) is 18.3. The van der Waals surface area contributed by atoms with Gasteiger partial charge in [0.1, 0.15) is 0 Å². The number of thiophene rings is 1. The van der Waals surface area contributed by atoms with Crippen molar-refractivity contribution in [1.82, 2.24) is 4.57 Å². The summed E-state index contributed by atoms with van der Waals surface area (Å²) in [5.41, 5.74) is 11.6. The quantitative estimate of drug-likeness (QED) is 0.126. The Hall–Kier alpha value is -6.43. The lowest BCUT2D eigenvalue weighted by atomic mass is 9.80. The first kappa shape index (κ1) is 32.2. The third-order valence-electron chi connectivity index (χ3n) is 11.0. The Kier molecular flexibility index (Phi) is 7.53. The molecule has 5 heteroatoms. The van der Waals surface area contributed by atoms with E-state index in [-0.39, 0.29) is 5.41 Å². The number of rotatable bonds is 5. The minimum absolute atomic E-state index is 0.156. The van der Waals surface area contributed by atoms with Crippen molar-refractivity contribution in [3.05, 3.63) is 186 Å². The van der Waals surface area contributed by atoms with Gasteiger partial charge in [-0.2, -0.15) is 0 Å². The third kappa shape index (κ3) is 5.00. The maximum Gasteiger partial charge on any atom is 0.161 e. The topological polar surface area (TPSA) is 42.0 Å². The Bertz CT molecular complexity index is 3000. The molecule has 0 spiro atoms. The molecule has 0 saturated carbocycles. The van der Waals surface area contributed by atoms with Crippen LogP contribution in [0.25, 0.3) is 58.8 Å². The molecule has 4 nitrogen and oxygen atoms in total. The molecule has 7 aromatic carbocycles. The standard InChI is InChI=1S/C49H36N4S/c1-49(2)40-23-13-10-20-34(40)36-26-27-42-44(45(36)49)37-22-11-14-24-41(37)53(42)33-28-38-35-21-12-15-25-43(35)54-46(38)39(29-33)48(51-30-31-16-6-4-7-17-31)52-47(50-3)32-18-8-5-9-19-32/h4-29H,3,30H2,1-2H3/b51-48-,52-47-. The minimum atomic E-state index is -0.156. The van der Waals surface area contributed by atoms with Crippen LogP contribution in [0.4, 0.5) is 0 Å². The van der Waals surface area contributed by atoms with Crippen molar-refractivity contribution in [3.8, 4) is 16.8 Å². The molecule has 0 atom stereocenters. The number of para-hydroxylation sites is 1. The third-order valence-corrected chi connectivity index (χ3v) is 12.2. The molecule has 0 amide bonds. The van der Waals surface area contributed by atoms with Gasteiger partial charge in [-0.05, 0) is 64.9 Å². The number of aliphatic imine (C=N–C) groups is 3. The van der Waals surface area contributed by atoms with Crippen molar-refractivity contribution in [3.63, 3.8) is 0 Å². The number of amidine groups is 2. The largest absolute Gasteiger partial charge is 0.309 e. The van der Waals surface area contributed by atoms with Crippen molar-refractivity contribution in [2.45, 2.75) is 25.8 Å². The summed E-state index contributed by atoms with van der Waals surface area (Å²) in [6.07, 6.45) is 0. The van der Waals surface area contributed by atoms with Crippen LogP contribution in [0.1, 0.15) is 41.7 Å². The lowest BCUT2D eigenvalue weighted by Crippen LogP contribution is -2.15. The summed E-state index contributed by atoms with van der Waals surface area (Å²) in [7, 11) is 0. The molecule has 0 unspecified atom stereocenters. The van der Waals surface area contributed by atoms with Gasteiger partial charge in [-0.25, -0.2) is 9.98 Å². The van der Waals surface area contributed by atoms with Crippen LogP contribution >= 0.6 is 11.3 Å². The van der Waals surface area contributed by atoms with Crippen LogP contribution in [-0.2, 0) is 12.0 Å². The number of aromatic nitrogens is 1. The molecule has 0 aliphatic heterocycles.